The molecule has 0 bridgehead atoms. The van der Waals surface area contributed by atoms with Crippen molar-refractivity contribution in [2.75, 3.05) is 0 Å². The van der Waals surface area contributed by atoms with Gasteiger partial charge in [0.2, 0.25) is 0 Å². The minimum Gasteiger partial charge on any atom is -0.290 e. The number of allylic oxidation sites excluding steroid dienone is 11. The summed E-state index contributed by atoms with van der Waals surface area (Å²) in [6.07, 6.45) is 24.0. The first-order chi connectivity index (χ1) is 24.2. The summed E-state index contributed by atoms with van der Waals surface area (Å²) in [6, 6.07) is 22.9. The van der Waals surface area contributed by atoms with Crippen LogP contribution in [-0.4, -0.2) is 5.78 Å². The van der Waals surface area contributed by atoms with E-state index in [0.717, 1.165) is 35.1 Å². The Balaban J connectivity index is 1.27. The fourth-order valence-electron chi connectivity index (χ4n) is 8.78. The lowest BCUT2D eigenvalue weighted by Gasteiger charge is -2.35. The summed E-state index contributed by atoms with van der Waals surface area (Å²) in [7, 11) is 0. The average molecular weight is 651 g/mol. The van der Waals surface area contributed by atoms with E-state index >= 15 is 0 Å². The van der Waals surface area contributed by atoms with E-state index in [-0.39, 0.29) is 11.7 Å². The average Bonchev–Trinajstić information content (AvgIpc) is 3.12. The van der Waals surface area contributed by atoms with Gasteiger partial charge in [-0.25, -0.2) is 0 Å². The van der Waals surface area contributed by atoms with E-state index in [2.05, 4.69) is 157 Å². The number of rotatable bonds is 5. The quantitative estimate of drug-likeness (QED) is 0.210. The lowest BCUT2D eigenvalue weighted by Crippen LogP contribution is -2.20. The van der Waals surface area contributed by atoms with Crippen molar-refractivity contribution in [3.8, 4) is 11.1 Å². The fourth-order valence-corrected chi connectivity index (χ4v) is 8.78. The Bertz CT molecular complexity index is 2300. The van der Waals surface area contributed by atoms with Gasteiger partial charge in [-0.1, -0.05) is 137 Å². The van der Waals surface area contributed by atoms with E-state index in [1.807, 2.05) is 0 Å². The third-order valence-corrected chi connectivity index (χ3v) is 11.4. The maximum absolute atomic E-state index is 13.8. The standard InChI is InChI=1S/C49H46O/c1-7-40-41(29(2)3)21-17-33-20-24-47(50)44(30(4)5)28-45(31(6)25-46(33)40)38-16-12-32-11-15-37(26-39(32)27-38)42-22-18-36-14-13-34-9-8-10-35-19-23-43(42)49(36)48(34)35/h8-24,26-30,35,48H,7,25H2,1-6H3. The topological polar surface area (TPSA) is 17.1 Å². The zero-order valence-corrected chi connectivity index (χ0v) is 30.2. The van der Waals surface area contributed by atoms with Gasteiger partial charge in [-0.3, -0.25) is 4.79 Å². The first-order valence-corrected chi connectivity index (χ1v) is 18.5. The molecule has 4 aromatic rings. The highest BCUT2D eigenvalue weighted by atomic mass is 16.1. The van der Waals surface area contributed by atoms with E-state index in [9.17, 15) is 4.79 Å². The second kappa shape index (κ2) is 12.7. The molecule has 50 heavy (non-hydrogen) atoms. The largest absolute Gasteiger partial charge is 0.290 e. The highest BCUT2D eigenvalue weighted by molar-refractivity contribution is 6.08. The first kappa shape index (κ1) is 32.2. The van der Waals surface area contributed by atoms with Gasteiger partial charge in [0.25, 0.3) is 0 Å². The molecule has 0 N–H and O–H groups in total. The van der Waals surface area contributed by atoms with Crippen molar-refractivity contribution in [1.29, 1.82) is 0 Å². The van der Waals surface area contributed by atoms with Crippen LogP contribution < -0.4 is 0 Å². The van der Waals surface area contributed by atoms with Crippen LogP contribution in [0.5, 0.6) is 0 Å². The van der Waals surface area contributed by atoms with Crippen LogP contribution in [0.4, 0.5) is 0 Å². The van der Waals surface area contributed by atoms with Gasteiger partial charge in [-0.15, -0.1) is 0 Å². The van der Waals surface area contributed by atoms with E-state index in [0.29, 0.717) is 17.8 Å². The van der Waals surface area contributed by atoms with Crippen molar-refractivity contribution in [2.45, 2.75) is 66.2 Å². The molecule has 1 nitrogen and oxygen atoms in total. The molecule has 4 aliphatic carbocycles. The Morgan fingerprint density at radius 2 is 1.52 bits per heavy atom. The predicted octanol–water partition coefficient (Wildman–Crippen LogP) is 12.6. The van der Waals surface area contributed by atoms with Crippen LogP contribution in [0.1, 0.15) is 97.9 Å². The summed E-state index contributed by atoms with van der Waals surface area (Å²) in [5.74, 6) is 1.44. The third kappa shape index (κ3) is 5.44. The van der Waals surface area contributed by atoms with Crippen molar-refractivity contribution in [3.05, 3.63) is 164 Å². The highest BCUT2D eigenvalue weighted by Gasteiger charge is 2.33. The minimum absolute atomic E-state index is 0.0881. The molecule has 1 heteroatoms. The van der Waals surface area contributed by atoms with Crippen LogP contribution in [0.15, 0.2) is 120 Å². The molecule has 0 aliphatic heterocycles. The Kier molecular flexibility index (Phi) is 8.19. The van der Waals surface area contributed by atoms with Crippen LogP contribution in [0.25, 0.3) is 45.7 Å². The number of fused-ring (bicyclic) bond motifs is 2. The summed E-state index contributed by atoms with van der Waals surface area (Å²) < 4.78 is 0. The van der Waals surface area contributed by atoms with Crippen molar-refractivity contribution in [1.82, 2.24) is 0 Å². The van der Waals surface area contributed by atoms with Gasteiger partial charge in [-0.05, 0) is 133 Å². The molecular weight excluding hydrogens is 605 g/mol. The van der Waals surface area contributed by atoms with Crippen molar-refractivity contribution in [3.63, 3.8) is 0 Å². The molecular formula is C49H46O. The molecule has 4 aliphatic rings. The molecule has 0 radical (unpaired) electrons. The monoisotopic (exact) mass is 650 g/mol. The molecule has 0 saturated heterocycles. The highest BCUT2D eigenvalue weighted by Crippen LogP contribution is 2.49. The molecule has 0 fully saturated rings. The van der Waals surface area contributed by atoms with E-state index in [1.54, 1.807) is 6.08 Å². The third-order valence-electron chi connectivity index (χ3n) is 11.4. The molecule has 2 unspecified atom stereocenters. The maximum atomic E-state index is 13.8. The maximum Gasteiger partial charge on any atom is 0.182 e. The lowest BCUT2D eigenvalue weighted by molar-refractivity contribution is -0.111. The fraction of sp³-hybridized carbons (Fsp3) is 0.245. The van der Waals surface area contributed by atoms with E-state index < -0.39 is 0 Å². The van der Waals surface area contributed by atoms with Crippen LogP contribution in [0.2, 0.25) is 0 Å². The first-order valence-electron chi connectivity index (χ1n) is 18.5. The number of carbonyl (C=O) groups excluding carboxylic acids is 1. The second-order valence-corrected chi connectivity index (χ2v) is 15.1. The molecule has 8 rings (SSSR count). The molecule has 0 aromatic heterocycles. The zero-order chi connectivity index (χ0) is 34.7. The number of ketones is 1. The molecule has 0 saturated carbocycles. The molecule has 0 spiro atoms. The van der Waals surface area contributed by atoms with E-state index in [4.69, 9.17) is 0 Å². The van der Waals surface area contributed by atoms with Gasteiger partial charge < -0.3 is 0 Å². The molecule has 4 aromatic carbocycles. The minimum atomic E-state index is 0.0881. The van der Waals surface area contributed by atoms with Gasteiger partial charge in [0.1, 0.15) is 0 Å². The second-order valence-electron chi connectivity index (χ2n) is 15.1. The Morgan fingerprint density at radius 1 is 0.760 bits per heavy atom. The Labute approximate surface area is 297 Å². The molecule has 248 valence electrons. The summed E-state index contributed by atoms with van der Waals surface area (Å²) in [4.78, 5) is 13.8. The van der Waals surface area contributed by atoms with Crippen molar-refractivity contribution >= 4 is 40.4 Å². The van der Waals surface area contributed by atoms with Gasteiger partial charge in [-0.2, -0.15) is 0 Å². The normalized spacial score (nSPS) is 19.2. The number of carbonyl (C=O) groups is 1. The Morgan fingerprint density at radius 3 is 2.30 bits per heavy atom. The van der Waals surface area contributed by atoms with E-state index in [1.165, 1.54) is 66.4 Å². The zero-order valence-electron chi connectivity index (χ0n) is 30.2. The number of benzene rings is 4. The lowest BCUT2D eigenvalue weighted by atomic mass is 9.68. The van der Waals surface area contributed by atoms with Gasteiger partial charge >= 0.3 is 0 Å². The molecule has 0 amide bonds. The Hall–Kier alpha value is -5.01. The van der Waals surface area contributed by atoms with Crippen molar-refractivity contribution < 1.29 is 4.79 Å². The summed E-state index contributed by atoms with van der Waals surface area (Å²) in [5, 5.41) is 2.43. The summed E-state index contributed by atoms with van der Waals surface area (Å²) in [5.41, 5.74) is 17.8. The summed E-state index contributed by atoms with van der Waals surface area (Å²) in [6.45, 7) is 13.3. The number of hydrogen-bond donors (Lipinski definition) is 0. The van der Waals surface area contributed by atoms with Crippen LogP contribution in [0.3, 0.4) is 0 Å². The van der Waals surface area contributed by atoms with Crippen LogP contribution >= 0.6 is 0 Å². The van der Waals surface area contributed by atoms with Gasteiger partial charge in [0, 0.05) is 17.4 Å². The summed E-state index contributed by atoms with van der Waals surface area (Å²) >= 11 is 0. The van der Waals surface area contributed by atoms with Gasteiger partial charge in [0.05, 0.1) is 0 Å². The predicted molar refractivity (Wildman–Crippen MR) is 214 cm³/mol. The molecule has 2 atom stereocenters. The number of hydrogen-bond acceptors (Lipinski definition) is 1. The smallest absolute Gasteiger partial charge is 0.182 e. The van der Waals surface area contributed by atoms with Crippen LogP contribution in [0, 0.1) is 11.8 Å². The van der Waals surface area contributed by atoms with Crippen LogP contribution in [-0.2, 0) is 17.6 Å². The molecule has 0 heterocycles. The van der Waals surface area contributed by atoms with Crippen molar-refractivity contribution in [2.24, 2.45) is 11.8 Å². The van der Waals surface area contributed by atoms with Gasteiger partial charge in [0.15, 0.2) is 5.78 Å². The SMILES string of the molecule is CCc1c(C(C)C)ccc2c1CC(C)=C(c1ccc3ccc(-c4ccc5c6c4C=CC4C=CC=C(C=C5)C64)cc3c1)C=C(C(C)C)C(=O)C=C2.